The highest BCUT2D eigenvalue weighted by Crippen LogP contribution is 2.38. The zero-order valence-electron chi connectivity index (χ0n) is 12.1. The Kier molecular flexibility index (Phi) is 5.61. The topological polar surface area (TPSA) is 12.0 Å². The summed E-state index contributed by atoms with van der Waals surface area (Å²) in [5.74, 6) is 1.96. The van der Waals surface area contributed by atoms with Crippen LogP contribution in [0.25, 0.3) is 0 Å². The number of halogens is 1. The second-order valence-corrected chi connectivity index (χ2v) is 6.98. The number of rotatable bonds is 5. The Hall–Kier alpha value is -0.180. The molecule has 1 aromatic rings. The quantitative estimate of drug-likeness (QED) is 0.792. The fourth-order valence-electron chi connectivity index (χ4n) is 2.99. The normalized spacial score (nSPS) is 20.4. The van der Waals surface area contributed by atoms with Gasteiger partial charge >= 0.3 is 0 Å². The molecule has 1 aliphatic heterocycles. The summed E-state index contributed by atoms with van der Waals surface area (Å²) in [7, 11) is 0. The summed E-state index contributed by atoms with van der Waals surface area (Å²) in [5.41, 5.74) is 1.39. The van der Waals surface area contributed by atoms with E-state index in [2.05, 4.69) is 38.2 Å². The second-order valence-electron chi connectivity index (χ2n) is 5.40. The lowest BCUT2D eigenvalue weighted by atomic mass is 9.93. The van der Waals surface area contributed by atoms with E-state index in [1.807, 2.05) is 17.8 Å². The van der Waals surface area contributed by atoms with Crippen molar-refractivity contribution >= 4 is 23.4 Å². The predicted octanol–water partition coefficient (Wildman–Crippen LogP) is 5.29. The minimum Gasteiger partial charge on any atom is -0.307 e. The van der Waals surface area contributed by atoms with E-state index in [1.54, 1.807) is 0 Å². The molecule has 1 N–H and O–H groups in total. The van der Waals surface area contributed by atoms with Crippen LogP contribution in [0.2, 0.25) is 5.02 Å². The fourth-order valence-corrected chi connectivity index (χ4v) is 4.27. The molecule has 1 nitrogen and oxygen atoms in total. The molecular formula is C16H24ClNS. The molecular weight excluding hydrogens is 274 g/mol. The number of fused-ring (bicyclic) bond motifs is 1. The first kappa shape index (κ1) is 15.2. The Labute approximate surface area is 126 Å². The van der Waals surface area contributed by atoms with Crippen LogP contribution >= 0.6 is 23.4 Å². The number of nitrogens with one attached hydrogen (secondary N) is 1. The zero-order chi connectivity index (χ0) is 13.8. The van der Waals surface area contributed by atoms with E-state index in [-0.39, 0.29) is 0 Å². The Balaban J connectivity index is 2.13. The van der Waals surface area contributed by atoms with Crippen LogP contribution in [0, 0.1) is 5.92 Å². The Morgan fingerprint density at radius 2 is 2.11 bits per heavy atom. The molecule has 0 radical (unpaired) electrons. The molecule has 3 heteroatoms. The van der Waals surface area contributed by atoms with E-state index in [4.69, 9.17) is 11.6 Å². The van der Waals surface area contributed by atoms with Crippen LogP contribution in [0.4, 0.5) is 0 Å². The fraction of sp³-hybridized carbons (Fsp3) is 0.625. The summed E-state index contributed by atoms with van der Waals surface area (Å²) in [4.78, 5) is 1.39. The van der Waals surface area contributed by atoms with Gasteiger partial charge in [0, 0.05) is 22.0 Å². The number of benzene rings is 1. The Morgan fingerprint density at radius 1 is 1.37 bits per heavy atom. The van der Waals surface area contributed by atoms with Gasteiger partial charge in [-0.25, -0.2) is 0 Å². The van der Waals surface area contributed by atoms with Gasteiger partial charge in [0.1, 0.15) is 0 Å². The van der Waals surface area contributed by atoms with Crippen molar-refractivity contribution in [3.05, 3.63) is 28.8 Å². The average molecular weight is 298 g/mol. The predicted molar refractivity (Wildman–Crippen MR) is 86.2 cm³/mol. The first-order chi connectivity index (χ1) is 9.15. The molecule has 2 atom stereocenters. The van der Waals surface area contributed by atoms with Gasteiger partial charge in [0.25, 0.3) is 0 Å². The molecule has 1 aromatic carbocycles. The van der Waals surface area contributed by atoms with Crippen LogP contribution in [0.15, 0.2) is 23.1 Å². The average Bonchev–Trinajstić information content (AvgIpc) is 2.41. The molecule has 0 saturated carbocycles. The molecule has 0 saturated heterocycles. The highest BCUT2D eigenvalue weighted by molar-refractivity contribution is 7.99. The van der Waals surface area contributed by atoms with Crippen molar-refractivity contribution in [3.8, 4) is 0 Å². The second kappa shape index (κ2) is 7.01. The molecule has 0 fully saturated rings. The lowest BCUT2D eigenvalue weighted by molar-refractivity contribution is 0.317. The first-order valence-corrected chi connectivity index (χ1v) is 8.70. The number of thioether (sulfide) groups is 1. The van der Waals surface area contributed by atoms with Gasteiger partial charge in [-0.05, 0) is 48.8 Å². The van der Waals surface area contributed by atoms with Crippen LogP contribution in [0.3, 0.4) is 0 Å². The highest BCUT2D eigenvalue weighted by atomic mass is 35.5. The third-order valence-electron chi connectivity index (χ3n) is 4.23. The Bertz CT molecular complexity index is 417. The van der Waals surface area contributed by atoms with Gasteiger partial charge in [-0.15, -0.1) is 11.8 Å². The van der Waals surface area contributed by atoms with Crippen LogP contribution in [0.5, 0.6) is 0 Å². The minimum atomic E-state index is 0.463. The number of hydrogen-bond donors (Lipinski definition) is 1. The lowest BCUT2D eigenvalue weighted by Crippen LogP contribution is -2.37. The van der Waals surface area contributed by atoms with E-state index in [9.17, 15) is 0 Å². The van der Waals surface area contributed by atoms with Crippen molar-refractivity contribution in [2.24, 2.45) is 5.92 Å². The van der Waals surface area contributed by atoms with Crippen molar-refractivity contribution in [2.45, 2.75) is 57.0 Å². The molecule has 0 amide bonds. The van der Waals surface area contributed by atoms with Gasteiger partial charge in [-0.3, -0.25) is 0 Å². The summed E-state index contributed by atoms with van der Waals surface area (Å²) >= 11 is 8.11. The monoisotopic (exact) mass is 297 g/mol. The zero-order valence-corrected chi connectivity index (χ0v) is 13.7. The molecule has 0 spiro atoms. The first-order valence-electron chi connectivity index (χ1n) is 7.34. The van der Waals surface area contributed by atoms with Gasteiger partial charge in [-0.2, -0.15) is 0 Å². The highest BCUT2D eigenvalue weighted by Gasteiger charge is 2.24. The maximum absolute atomic E-state index is 6.16. The van der Waals surface area contributed by atoms with Crippen molar-refractivity contribution < 1.29 is 0 Å². The molecule has 2 unspecified atom stereocenters. The molecule has 106 valence electrons. The number of hydrogen-bond acceptors (Lipinski definition) is 2. The van der Waals surface area contributed by atoms with Crippen LogP contribution in [0.1, 0.15) is 51.6 Å². The summed E-state index contributed by atoms with van der Waals surface area (Å²) < 4.78 is 0. The van der Waals surface area contributed by atoms with Gasteiger partial charge in [0.05, 0.1) is 0 Å². The molecule has 2 rings (SSSR count). The molecule has 1 aliphatic rings. The smallest absolute Gasteiger partial charge is 0.0410 e. The minimum absolute atomic E-state index is 0.463. The largest absolute Gasteiger partial charge is 0.307 e. The Morgan fingerprint density at radius 3 is 2.79 bits per heavy atom. The van der Waals surface area contributed by atoms with Gasteiger partial charge < -0.3 is 5.32 Å². The SMILES string of the molecule is CCC(CC)C(C)NC1CCSc2ccc(Cl)cc21. The molecule has 1 heterocycles. The van der Waals surface area contributed by atoms with Crippen molar-refractivity contribution in [1.29, 1.82) is 0 Å². The molecule has 0 aliphatic carbocycles. The standard InChI is InChI=1S/C16H24ClNS/c1-4-12(5-2)11(3)18-15-8-9-19-16-7-6-13(17)10-14(15)16/h6-7,10-12,15,18H,4-5,8-9H2,1-3H3. The van der Waals surface area contributed by atoms with Crippen LogP contribution in [-0.4, -0.2) is 11.8 Å². The third-order valence-corrected chi connectivity index (χ3v) is 5.59. The summed E-state index contributed by atoms with van der Waals surface area (Å²) in [6.45, 7) is 6.89. The van der Waals surface area contributed by atoms with Crippen LogP contribution in [-0.2, 0) is 0 Å². The van der Waals surface area contributed by atoms with Gasteiger partial charge in [0.15, 0.2) is 0 Å². The van der Waals surface area contributed by atoms with E-state index in [0.717, 1.165) is 10.9 Å². The van der Waals surface area contributed by atoms with E-state index >= 15 is 0 Å². The summed E-state index contributed by atoms with van der Waals surface area (Å²) in [6.07, 6.45) is 3.69. The summed E-state index contributed by atoms with van der Waals surface area (Å²) in [5, 5.41) is 4.68. The summed E-state index contributed by atoms with van der Waals surface area (Å²) in [6, 6.07) is 7.33. The lowest BCUT2D eigenvalue weighted by Gasteiger charge is -2.32. The van der Waals surface area contributed by atoms with E-state index in [1.165, 1.54) is 35.5 Å². The van der Waals surface area contributed by atoms with Crippen LogP contribution < -0.4 is 5.32 Å². The van der Waals surface area contributed by atoms with Gasteiger partial charge in [0.2, 0.25) is 0 Å². The van der Waals surface area contributed by atoms with Crippen molar-refractivity contribution in [1.82, 2.24) is 5.32 Å². The molecule has 0 bridgehead atoms. The van der Waals surface area contributed by atoms with E-state index < -0.39 is 0 Å². The third kappa shape index (κ3) is 3.68. The molecule has 0 aromatic heterocycles. The maximum Gasteiger partial charge on any atom is 0.0410 e. The maximum atomic E-state index is 6.16. The van der Waals surface area contributed by atoms with E-state index in [0.29, 0.717) is 12.1 Å². The van der Waals surface area contributed by atoms with Gasteiger partial charge in [-0.1, -0.05) is 38.3 Å². The molecule has 19 heavy (non-hydrogen) atoms. The van der Waals surface area contributed by atoms with Crippen molar-refractivity contribution in [3.63, 3.8) is 0 Å². The van der Waals surface area contributed by atoms with Crippen molar-refractivity contribution in [2.75, 3.05) is 5.75 Å².